The molecule has 23 heavy (non-hydrogen) atoms. The molecule has 1 unspecified atom stereocenters. The molecule has 0 aliphatic heterocycles. The molecule has 0 aliphatic carbocycles. The van der Waals surface area contributed by atoms with Crippen LogP contribution in [0.2, 0.25) is 0 Å². The smallest absolute Gasteiger partial charge is 0.326 e. The molecule has 0 bridgehead atoms. The van der Waals surface area contributed by atoms with E-state index in [2.05, 4.69) is 0 Å². The number of carbonyl (C=O) groups excluding carboxylic acids is 2. The van der Waals surface area contributed by atoms with E-state index in [1.807, 2.05) is 0 Å². The first-order valence-electron chi connectivity index (χ1n) is 7.67. The number of hydrogen-bond acceptors (Lipinski definition) is 3. The van der Waals surface area contributed by atoms with Gasteiger partial charge >= 0.3 is 5.97 Å². The molecule has 1 aromatic rings. The number of carboxylic acids is 1. The van der Waals surface area contributed by atoms with E-state index in [-0.39, 0.29) is 24.2 Å². The Morgan fingerprint density at radius 2 is 1.61 bits per heavy atom. The van der Waals surface area contributed by atoms with E-state index in [4.69, 9.17) is 0 Å². The van der Waals surface area contributed by atoms with Crippen LogP contribution in [0.3, 0.4) is 0 Å². The molecule has 0 radical (unpaired) electrons. The third kappa shape index (κ3) is 4.91. The highest BCUT2D eigenvalue weighted by Crippen LogP contribution is 2.23. The number of carboxylic acid groups (broad SMARTS) is 1. The molecule has 0 heterocycles. The molecule has 0 saturated heterocycles. The first kappa shape index (κ1) is 18.9. The summed E-state index contributed by atoms with van der Waals surface area (Å²) < 4.78 is 0. The maximum atomic E-state index is 12.7. The van der Waals surface area contributed by atoms with E-state index in [1.54, 1.807) is 65.0 Å². The second-order valence-corrected chi connectivity index (χ2v) is 7.00. The Morgan fingerprint density at radius 3 is 2.00 bits per heavy atom. The number of nitrogens with zero attached hydrogens (tertiary/aromatic N) is 1. The van der Waals surface area contributed by atoms with Gasteiger partial charge in [0, 0.05) is 11.0 Å². The fraction of sp³-hybridized carbons (Fsp3) is 0.500. The first-order valence-corrected chi connectivity index (χ1v) is 7.67. The van der Waals surface area contributed by atoms with Gasteiger partial charge in [0.2, 0.25) is 5.91 Å². The summed E-state index contributed by atoms with van der Waals surface area (Å²) in [6.45, 7) is 8.37. The van der Waals surface area contributed by atoms with Crippen LogP contribution < -0.4 is 0 Å². The summed E-state index contributed by atoms with van der Waals surface area (Å²) >= 11 is 0. The lowest BCUT2D eigenvalue weighted by molar-refractivity contribution is -0.155. The monoisotopic (exact) mass is 319 g/mol. The Kier molecular flexibility index (Phi) is 6.07. The maximum Gasteiger partial charge on any atom is 0.326 e. The van der Waals surface area contributed by atoms with E-state index < -0.39 is 17.4 Å². The molecule has 1 atom stereocenters. The molecule has 0 aliphatic rings. The van der Waals surface area contributed by atoms with Gasteiger partial charge in [0.25, 0.3) is 0 Å². The third-order valence-corrected chi connectivity index (χ3v) is 3.53. The zero-order valence-corrected chi connectivity index (χ0v) is 14.4. The number of rotatable bonds is 6. The minimum Gasteiger partial charge on any atom is -0.480 e. The Balaban J connectivity index is 3.16. The summed E-state index contributed by atoms with van der Waals surface area (Å²) in [4.78, 5) is 38.0. The first-order chi connectivity index (χ1) is 10.6. The fourth-order valence-corrected chi connectivity index (χ4v) is 2.38. The number of amides is 1. The summed E-state index contributed by atoms with van der Waals surface area (Å²) in [5.74, 6) is -2.01. The largest absolute Gasteiger partial charge is 0.480 e. The number of benzene rings is 1. The Bertz CT molecular complexity index is 572. The maximum absolute atomic E-state index is 12.7. The highest BCUT2D eigenvalue weighted by molar-refractivity contribution is 6.00. The number of carbonyl (C=O) groups is 3. The lowest BCUT2D eigenvalue weighted by Gasteiger charge is -2.35. The molecule has 1 aromatic carbocycles. The van der Waals surface area contributed by atoms with Crippen molar-refractivity contribution in [3.63, 3.8) is 0 Å². The normalized spacial score (nSPS) is 12.8. The van der Waals surface area contributed by atoms with Crippen molar-refractivity contribution in [3.8, 4) is 0 Å². The Hall–Kier alpha value is -2.17. The molecular weight excluding hydrogens is 294 g/mol. The molecule has 126 valence electrons. The second-order valence-electron chi connectivity index (χ2n) is 7.00. The zero-order valence-electron chi connectivity index (χ0n) is 14.4. The van der Waals surface area contributed by atoms with Crippen LogP contribution in [-0.2, 0) is 9.59 Å². The third-order valence-electron chi connectivity index (χ3n) is 3.53. The zero-order chi connectivity index (χ0) is 17.8. The average molecular weight is 319 g/mol. The topological polar surface area (TPSA) is 74.7 Å². The summed E-state index contributed by atoms with van der Waals surface area (Å²) in [5.41, 5.74) is -0.299. The van der Waals surface area contributed by atoms with Crippen LogP contribution in [0.5, 0.6) is 0 Å². The minimum atomic E-state index is -1.10. The van der Waals surface area contributed by atoms with E-state index in [1.165, 1.54) is 4.90 Å². The standard InChI is InChI=1S/C18H25NO4/c1-12(2)15(16(21)22)19(17(23)18(3,4)5)11-14(20)13-9-7-6-8-10-13/h6-10,12,15H,11H2,1-5H3,(H,21,22). The minimum absolute atomic E-state index is 0.241. The van der Waals surface area contributed by atoms with Crippen LogP contribution >= 0.6 is 0 Å². The predicted molar refractivity (Wildman–Crippen MR) is 88.2 cm³/mol. The van der Waals surface area contributed by atoms with Crippen molar-refractivity contribution in [2.24, 2.45) is 11.3 Å². The van der Waals surface area contributed by atoms with Crippen LogP contribution in [0.1, 0.15) is 45.0 Å². The van der Waals surface area contributed by atoms with Gasteiger partial charge in [-0.05, 0) is 5.92 Å². The van der Waals surface area contributed by atoms with Crippen molar-refractivity contribution in [1.82, 2.24) is 4.90 Å². The summed E-state index contributed by atoms with van der Waals surface area (Å²) in [6.07, 6.45) is 0. The fourth-order valence-electron chi connectivity index (χ4n) is 2.38. The van der Waals surface area contributed by atoms with Crippen LogP contribution in [0, 0.1) is 11.3 Å². The molecular formula is C18H25NO4. The lowest BCUT2D eigenvalue weighted by atomic mass is 9.91. The predicted octanol–water partition coefficient (Wildman–Crippen LogP) is 2.85. The van der Waals surface area contributed by atoms with Gasteiger partial charge in [-0.3, -0.25) is 9.59 Å². The van der Waals surface area contributed by atoms with Gasteiger partial charge < -0.3 is 10.0 Å². The number of ketones is 1. The summed E-state index contributed by atoms with van der Waals surface area (Å²) in [5, 5.41) is 9.51. The summed E-state index contributed by atoms with van der Waals surface area (Å²) in [7, 11) is 0. The highest BCUT2D eigenvalue weighted by Gasteiger charge is 2.38. The van der Waals surface area contributed by atoms with Gasteiger partial charge in [-0.1, -0.05) is 65.0 Å². The average Bonchev–Trinajstić information content (AvgIpc) is 2.44. The van der Waals surface area contributed by atoms with Gasteiger partial charge in [0.05, 0.1) is 6.54 Å². The van der Waals surface area contributed by atoms with Gasteiger partial charge in [0.1, 0.15) is 6.04 Å². The van der Waals surface area contributed by atoms with Crippen molar-refractivity contribution in [2.75, 3.05) is 6.54 Å². The van der Waals surface area contributed by atoms with Gasteiger partial charge in [-0.15, -0.1) is 0 Å². The Labute approximate surface area is 137 Å². The number of hydrogen-bond donors (Lipinski definition) is 1. The second kappa shape index (κ2) is 7.40. The van der Waals surface area contributed by atoms with Gasteiger partial charge in [-0.25, -0.2) is 4.79 Å². The lowest BCUT2D eigenvalue weighted by Crippen LogP contribution is -2.53. The molecule has 1 N–H and O–H groups in total. The summed E-state index contributed by atoms with van der Waals surface area (Å²) in [6, 6.07) is 7.55. The quantitative estimate of drug-likeness (QED) is 0.818. The van der Waals surface area contributed by atoms with Gasteiger partial charge in [-0.2, -0.15) is 0 Å². The molecule has 0 aromatic heterocycles. The van der Waals surface area contributed by atoms with Crippen molar-refractivity contribution < 1.29 is 19.5 Å². The Morgan fingerprint density at radius 1 is 1.09 bits per heavy atom. The molecule has 1 amide bonds. The van der Waals surface area contributed by atoms with Crippen LogP contribution in [0.4, 0.5) is 0 Å². The molecule has 0 saturated carbocycles. The van der Waals surface area contributed by atoms with Crippen LogP contribution in [0.25, 0.3) is 0 Å². The van der Waals surface area contributed by atoms with Crippen LogP contribution in [-0.4, -0.2) is 40.3 Å². The number of aliphatic carboxylic acids is 1. The SMILES string of the molecule is CC(C)C(C(=O)O)N(CC(=O)c1ccccc1)C(=O)C(C)(C)C. The molecule has 5 heteroatoms. The molecule has 5 nitrogen and oxygen atoms in total. The molecule has 0 fully saturated rings. The van der Waals surface area contributed by atoms with Crippen molar-refractivity contribution in [1.29, 1.82) is 0 Å². The van der Waals surface area contributed by atoms with Crippen molar-refractivity contribution in [2.45, 2.75) is 40.7 Å². The van der Waals surface area contributed by atoms with Crippen molar-refractivity contribution in [3.05, 3.63) is 35.9 Å². The molecule has 1 rings (SSSR count). The molecule has 0 spiro atoms. The van der Waals surface area contributed by atoms with E-state index in [0.717, 1.165) is 0 Å². The van der Waals surface area contributed by atoms with E-state index >= 15 is 0 Å². The van der Waals surface area contributed by atoms with E-state index in [9.17, 15) is 19.5 Å². The number of Topliss-reactive ketones (excluding diaryl/α,β-unsaturated/α-hetero) is 1. The highest BCUT2D eigenvalue weighted by atomic mass is 16.4. The van der Waals surface area contributed by atoms with Crippen LogP contribution in [0.15, 0.2) is 30.3 Å². The van der Waals surface area contributed by atoms with Crippen molar-refractivity contribution >= 4 is 17.7 Å². The van der Waals surface area contributed by atoms with E-state index in [0.29, 0.717) is 5.56 Å². The van der Waals surface area contributed by atoms with Gasteiger partial charge in [0.15, 0.2) is 5.78 Å².